The Morgan fingerprint density at radius 3 is 2.29 bits per heavy atom. The van der Waals surface area contributed by atoms with Crippen molar-refractivity contribution in [2.45, 2.75) is 32.9 Å². The fraction of sp³-hybridized carbons (Fsp3) is 0.500. The summed E-state index contributed by atoms with van der Waals surface area (Å²) in [4.78, 5) is 0. The molecule has 0 bridgehead atoms. The van der Waals surface area contributed by atoms with E-state index in [1.807, 2.05) is 12.1 Å². The van der Waals surface area contributed by atoms with Gasteiger partial charge in [0.1, 0.15) is 5.82 Å². The van der Waals surface area contributed by atoms with Crippen molar-refractivity contribution < 1.29 is 4.39 Å². The Morgan fingerprint density at radius 1 is 1.21 bits per heavy atom. The zero-order valence-corrected chi connectivity index (χ0v) is 10.0. The van der Waals surface area contributed by atoms with Crippen LogP contribution in [0.4, 0.5) is 4.39 Å². The van der Waals surface area contributed by atoms with Gasteiger partial charge in [-0.1, -0.05) is 47.9 Å². The summed E-state index contributed by atoms with van der Waals surface area (Å²) in [6, 6.07) is 6.89. The topological polar surface area (TPSA) is 0 Å². The maximum atomic E-state index is 12.7. The summed E-state index contributed by atoms with van der Waals surface area (Å²) in [7, 11) is 0.795. The van der Waals surface area contributed by atoms with Gasteiger partial charge in [-0.15, -0.1) is 0 Å². The third-order valence-electron chi connectivity index (χ3n) is 2.74. The van der Waals surface area contributed by atoms with Gasteiger partial charge in [0, 0.05) is 0 Å². The molecule has 0 saturated carbocycles. The first kappa shape index (κ1) is 11.7. The SMILES string of the molecule is CCC(C)C(C)Pc1ccc(F)cc1. The molecule has 0 amide bonds. The van der Waals surface area contributed by atoms with Crippen LogP contribution in [0.3, 0.4) is 0 Å². The molecule has 0 radical (unpaired) electrons. The van der Waals surface area contributed by atoms with Crippen LogP contribution in [0.1, 0.15) is 27.2 Å². The molecule has 78 valence electrons. The van der Waals surface area contributed by atoms with Crippen molar-refractivity contribution in [3.63, 3.8) is 0 Å². The summed E-state index contributed by atoms with van der Waals surface area (Å²) < 4.78 is 12.7. The maximum Gasteiger partial charge on any atom is 0.123 e. The van der Waals surface area contributed by atoms with E-state index in [9.17, 15) is 4.39 Å². The van der Waals surface area contributed by atoms with Crippen LogP contribution in [0.5, 0.6) is 0 Å². The lowest BCUT2D eigenvalue weighted by Gasteiger charge is -2.18. The first-order valence-corrected chi connectivity index (χ1v) is 6.23. The number of benzene rings is 1. The highest BCUT2D eigenvalue weighted by atomic mass is 31.1. The van der Waals surface area contributed by atoms with Crippen molar-refractivity contribution in [1.82, 2.24) is 0 Å². The van der Waals surface area contributed by atoms with Crippen LogP contribution in [0.2, 0.25) is 0 Å². The second kappa shape index (κ2) is 5.46. The van der Waals surface area contributed by atoms with Crippen LogP contribution >= 0.6 is 8.58 Å². The predicted molar refractivity (Wildman–Crippen MR) is 63.3 cm³/mol. The molecule has 0 spiro atoms. The number of halogens is 1. The van der Waals surface area contributed by atoms with Crippen molar-refractivity contribution in [2.75, 3.05) is 0 Å². The largest absolute Gasteiger partial charge is 0.207 e. The average Bonchev–Trinajstić information content (AvgIpc) is 2.20. The van der Waals surface area contributed by atoms with Gasteiger partial charge in [0.15, 0.2) is 0 Å². The Morgan fingerprint density at radius 2 is 1.79 bits per heavy atom. The molecule has 2 heteroatoms. The van der Waals surface area contributed by atoms with E-state index < -0.39 is 0 Å². The molecule has 3 unspecified atom stereocenters. The van der Waals surface area contributed by atoms with E-state index in [1.165, 1.54) is 11.7 Å². The van der Waals surface area contributed by atoms with Crippen LogP contribution in [-0.4, -0.2) is 5.66 Å². The Bertz CT molecular complexity index is 268. The summed E-state index contributed by atoms with van der Waals surface area (Å²) in [5, 5.41) is 1.26. The highest BCUT2D eigenvalue weighted by Gasteiger charge is 2.10. The normalized spacial score (nSPS) is 16.0. The summed E-state index contributed by atoms with van der Waals surface area (Å²) in [6.07, 6.45) is 1.22. The average molecular weight is 212 g/mol. The second-order valence-electron chi connectivity index (χ2n) is 3.83. The molecule has 0 aliphatic heterocycles. The molecule has 0 aliphatic rings. The number of rotatable bonds is 4. The zero-order chi connectivity index (χ0) is 10.6. The summed E-state index contributed by atoms with van der Waals surface area (Å²) in [5.41, 5.74) is 0.700. The molecule has 0 aromatic heterocycles. The Kier molecular flexibility index (Phi) is 4.54. The van der Waals surface area contributed by atoms with Crippen molar-refractivity contribution in [1.29, 1.82) is 0 Å². The van der Waals surface area contributed by atoms with Crippen LogP contribution in [0.15, 0.2) is 24.3 Å². The number of hydrogen-bond donors (Lipinski definition) is 0. The quantitative estimate of drug-likeness (QED) is 0.669. The van der Waals surface area contributed by atoms with E-state index in [1.54, 1.807) is 12.1 Å². The second-order valence-corrected chi connectivity index (χ2v) is 5.60. The molecule has 1 aromatic rings. The predicted octanol–water partition coefficient (Wildman–Crippen LogP) is 3.56. The minimum Gasteiger partial charge on any atom is -0.207 e. The van der Waals surface area contributed by atoms with Crippen LogP contribution in [0, 0.1) is 11.7 Å². The first-order chi connectivity index (χ1) is 6.63. The van der Waals surface area contributed by atoms with Gasteiger partial charge in [0.2, 0.25) is 0 Å². The van der Waals surface area contributed by atoms with Crippen molar-refractivity contribution in [3.05, 3.63) is 30.1 Å². The van der Waals surface area contributed by atoms with E-state index >= 15 is 0 Å². The van der Waals surface area contributed by atoms with E-state index in [0.717, 1.165) is 14.5 Å². The van der Waals surface area contributed by atoms with E-state index in [2.05, 4.69) is 20.8 Å². The standard InChI is InChI=1S/C12H18FP/c1-4-9(2)10(3)14-12-7-5-11(13)6-8-12/h5-10,14H,4H2,1-3H3. The van der Waals surface area contributed by atoms with Crippen molar-refractivity contribution in [2.24, 2.45) is 5.92 Å². The van der Waals surface area contributed by atoms with Gasteiger partial charge in [-0.3, -0.25) is 0 Å². The third kappa shape index (κ3) is 3.38. The van der Waals surface area contributed by atoms with Gasteiger partial charge < -0.3 is 0 Å². The zero-order valence-electron chi connectivity index (χ0n) is 9.05. The summed E-state index contributed by atoms with van der Waals surface area (Å²) >= 11 is 0. The molecule has 0 aliphatic carbocycles. The monoisotopic (exact) mass is 212 g/mol. The van der Waals surface area contributed by atoms with Gasteiger partial charge in [-0.2, -0.15) is 0 Å². The number of hydrogen-bond acceptors (Lipinski definition) is 0. The molecular formula is C12H18FP. The molecule has 0 heterocycles. The highest BCUT2D eigenvalue weighted by Crippen LogP contribution is 2.26. The lowest BCUT2D eigenvalue weighted by atomic mass is 10.1. The Balaban J connectivity index is 2.56. The van der Waals surface area contributed by atoms with Crippen LogP contribution < -0.4 is 5.30 Å². The Labute approximate surface area is 87.7 Å². The third-order valence-corrected chi connectivity index (χ3v) is 4.43. The van der Waals surface area contributed by atoms with Crippen LogP contribution in [-0.2, 0) is 0 Å². The fourth-order valence-corrected chi connectivity index (χ4v) is 2.71. The molecule has 3 atom stereocenters. The van der Waals surface area contributed by atoms with Gasteiger partial charge in [0.25, 0.3) is 0 Å². The van der Waals surface area contributed by atoms with E-state index in [-0.39, 0.29) is 5.82 Å². The molecule has 1 aromatic carbocycles. The highest BCUT2D eigenvalue weighted by molar-refractivity contribution is 7.48. The lowest BCUT2D eigenvalue weighted by Crippen LogP contribution is -2.11. The maximum absolute atomic E-state index is 12.7. The smallest absolute Gasteiger partial charge is 0.123 e. The molecule has 0 saturated heterocycles. The van der Waals surface area contributed by atoms with Gasteiger partial charge in [-0.05, 0) is 29.0 Å². The van der Waals surface area contributed by atoms with Crippen LogP contribution in [0.25, 0.3) is 0 Å². The van der Waals surface area contributed by atoms with Gasteiger partial charge in [-0.25, -0.2) is 4.39 Å². The summed E-state index contributed by atoms with van der Waals surface area (Å²) in [5.74, 6) is 0.605. The molecule has 0 fully saturated rings. The van der Waals surface area contributed by atoms with Gasteiger partial charge >= 0.3 is 0 Å². The molecule has 14 heavy (non-hydrogen) atoms. The molecule has 1 rings (SSSR count). The Hall–Kier alpha value is -0.420. The van der Waals surface area contributed by atoms with Gasteiger partial charge in [0.05, 0.1) is 0 Å². The van der Waals surface area contributed by atoms with E-state index in [4.69, 9.17) is 0 Å². The fourth-order valence-electron chi connectivity index (χ4n) is 1.30. The summed E-state index contributed by atoms with van der Waals surface area (Å²) in [6.45, 7) is 6.77. The molecular weight excluding hydrogens is 194 g/mol. The molecule has 0 nitrogen and oxygen atoms in total. The lowest BCUT2D eigenvalue weighted by molar-refractivity contribution is 0.556. The minimum atomic E-state index is -0.144. The van der Waals surface area contributed by atoms with Crippen molar-refractivity contribution in [3.8, 4) is 0 Å². The molecule has 0 N–H and O–H groups in total. The minimum absolute atomic E-state index is 0.144. The first-order valence-electron chi connectivity index (χ1n) is 5.15. The van der Waals surface area contributed by atoms with E-state index in [0.29, 0.717) is 5.66 Å². The van der Waals surface area contributed by atoms with Crippen molar-refractivity contribution >= 4 is 13.9 Å².